The molecule has 1 aromatic heterocycles. The molecule has 0 bridgehead atoms. The maximum absolute atomic E-state index is 14.3. The van der Waals surface area contributed by atoms with Gasteiger partial charge in [0, 0.05) is 18.7 Å². The number of likely N-dealkylation sites (tertiary alicyclic amines) is 1. The smallest absolute Gasteiger partial charge is 0.416 e. The first-order chi connectivity index (χ1) is 23.9. The fourth-order valence-corrected chi connectivity index (χ4v) is 7.77. The second kappa shape index (κ2) is 15.1. The molecule has 2 heterocycles. The zero-order chi connectivity index (χ0) is 37.4. The summed E-state index contributed by atoms with van der Waals surface area (Å²) >= 11 is 0. The number of hydrogen-bond donors (Lipinski definition) is 2. The largest absolute Gasteiger partial charge is 0.475 e. The predicted octanol–water partition coefficient (Wildman–Crippen LogP) is 7.08. The Balaban J connectivity index is 1.60. The fraction of sp³-hybridized carbons (Fsp3) is 0.487. The molecule has 1 aliphatic heterocycles. The number of carbonyl (C=O) groups excluding carboxylic acids is 2. The Morgan fingerprint density at radius 3 is 2.24 bits per heavy atom. The first-order valence-electron chi connectivity index (χ1n) is 17.5. The van der Waals surface area contributed by atoms with Crippen LogP contribution in [0.3, 0.4) is 0 Å². The van der Waals surface area contributed by atoms with Crippen LogP contribution in [0, 0.1) is 25.6 Å². The molecule has 0 unspecified atom stereocenters. The molecule has 0 radical (unpaired) electrons. The number of fused-ring (bicyclic) bond motifs is 1. The van der Waals surface area contributed by atoms with Gasteiger partial charge in [-0.3, -0.25) is 14.4 Å². The molecule has 1 aliphatic carbocycles. The Morgan fingerprint density at radius 1 is 1.00 bits per heavy atom. The lowest BCUT2D eigenvalue weighted by Crippen LogP contribution is -2.41. The van der Waals surface area contributed by atoms with Gasteiger partial charge in [0.05, 0.1) is 11.6 Å². The minimum Gasteiger partial charge on any atom is -0.475 e. The van der Waals surface area contributed by atoms with Crippen molar-refractivity contribution in [3.63, 3.8) is 0 Å². The number of carbonyl (C=O) groups is 3. The van der Waals surface area contributed by atoms with Crippen LogP contribution in [0.1, 0.15) is 103 Å². The number of nitrogens with one attached hydrogen (secondary N) is 1. The number of aliphatic carboxylic acids is 1. The van der Waals surface area contributed by atoms with Gasteiger partial charge in [0.25, 0.3) is 5.56 Å². The lowest BCUT2D eigenvalue weighted by molar-refractivity contribution is -0.149. The van der Waals surface area contributed by atoms with E-state index in [-0.39, 0.29) is 23.7 Å². The Bertz CT molecular complexity index is 1870. The van der Waals surface area contributed by atoms with Crippen molar-refractivity contribution in [2.75, 3.05) is 20.1 Å². The van der Waals surface area contributed by atoms with Crippen LogP contribution in [-0.4, -0.2) is 52.4 Å². The molecule has 3 aromatic rings. The molecule has 0 spiro atoms. The van der Waals surface area contributed by atoms with Gasteiger partial charge < -0.3 is 19.9 Å². The SMILES string of the molecule is Cc1cc(F)cc(C)c1-c1cc([C@@H](CC(=O)C(=O)O)NC(=O)[C@H](CC(C)C)n2cc(C3CCN(C)CC3)c(C(F)(F)F)cc2=O)cc2c1CCC2. The summed E-state index contributed by atoms with van der Waals surface area (Å²) in [5.41, 5.74) is 3.45. The summed E-state index contributed by atoms with van der Waals surface area (Å²) in [5.74, 6) is -4.57. The molecule has 2 aliphatic rings. The minimum absolute atomic E-state index is 0.0392. The van der Waals surface area contributed by atoms with Gasteiger partial charge in [-0.2, -0.15) is 13.2 Å². The van der Waals surface area contributed by atoms with Gasteiger partial charge >= 0.3 is 12.1 Å². The van der Waals surface area contributed by atoms with Crippen molar-refractivity contribution in [3.05, 3.63) is 91.6 Å². The number of alkyl halides is 3. The number of rotatable bonds is 11. The van der Waals surface area contributed by atoms with Crippen molar-refractivity contribution in [1.29, 1.82) is 0 Å². The van der Waals surface area contributed by atoms with E-state index in [0.29, 0.717) is 55.1 Å². The quantitative estimate of drug-likeness (QED) is 0.163. The van der Waals surface area contributed by atoms with Gasteiger partial charge in [-0.15, -0.1) is 0 Å². The van der Waals surface area contributed by atoms with Crippen molar-refractivity contribution < 1.29 is 37.1 Å². The number of Topliss-reactive ketones (excluding diaryl/α,β-unsaturated/α-hetero) is 1. The monoisotopic (exact) mass is 711 g/mol. The van der Waals surface area contributed by atoms with E-state index in [1.807, 2.05) is 31.9 Å². The molecule has 1 amide bonds. The van der Waals surface area contributed by atoms with Gasteiger partial charge in [-0.1, -0.05) is 19.9 Å². The molecule has 1 saturated heterocycles. The summed E-state index contributed by atoms with van der Waals surface area (Å²) in [7, 11) is 1.89. The predicted molar refractivity (Wildman–Crippen MR) is 185 cm³/mol. The summed E-state index contributed by atoms with van der Waals surface area (Å²) < 4.78 is 58.2. The number of carboxylic acids is 1. The third kappa shape index (κ3) is 8.43. The van der Waals surface area contributed by atoms with Gasteiger partial charge in [0.15, 0.2) is 0 Å². The molecule has 2 atom stereocenters. The molecule has 0 saturated carbocycles. The van der Waals surface area contributed by atoms with Crippen molar-refractivity contribution in [2.45, 2.75) is 96.8 Å². The highest BCUT2D eigenvalue weighted by molar-refractivity contribution is 6.32. The van der Waals surface area contributed by atoms with E-state index >= 15 is 0 Å². The van der Waals surface area contributed by atoms with E-state index in [0.717, 1.165) is 39.7 Å². The zero-order valence-corrected chi connectivity index (χ0v) is 29.6. The van der Waals surface area contributed by atoms with Gasteiger partial charge in [0.1, 0.15) is 11.9 Å². The number of aromatic nitrogens is 1. The van der Waals surface area contributed by atoms with E-state index in [1.165, 1.54) is 18.3 Å². The third-order valence-corrected chi connectivity index (χ3v) is 10.3. The summed E-state index contributed by atoms with van der Waals surface area (Å²) in [6.07, 6.45) is -0.884. The van der Waals surface area contributed by atoms with Crippen LogP contribution in [-0.2, 0) is 33.4 Å². The fourth-order valence-electron chi connectivity index (χ4n) is 7.77. The maximum Gasteiger partial charge on any atom is 0.416 e. The number of halogens is 4. The zero-order valence-electron chi connectivity index (χ0n) is 29.6. The Hall–Kier alpha value is -4.32. The normalized spacial score (nSPS) is 16.6. The highest BCUT2D eigenvalue weighted by atomic mass is 19.4. The van der Waals surface area contributed by atoms with Crippen molar-refractivity contribution in [3.8, 4) is 11.1 Å². The second-order valence-corrected chi connectivity index (χ2v) is 14.6. The van der Waals surface area contributed by atoms with Crippen LogP contribution in [0.15, 0.2) is 41.3 Å². The van der Waals surface area contributed by atoms with Crippen LogP contribution in [0.25, 0.3) is 11.1 Å². The third-order valence-electron chi connectivity index (χ3n) is 10.3. The van der Waals surface area contributed by atoms with E-state index < -0.39 is 59.4 Å². The van der Waals surface area contributed by atoms with Gasteiger partial charge in [-0.05, 0) is 147 Å². The number of benzene rings is 2. The van der Waals surface area contributed by atoms with E-state index in [2.05, 4.69) is 5.32 Å². The van der Waals surface area contributed by atoms with Crippen LogP contribution in [0.5, 0.6) is 0 Å². The van der Waals surface area contributed by atoms with Crippen LogP contribution in [0.4, 0.5) is 17.6 Å². The minimum atomic E-state index is -4.78. The van der Waals surface area contributed by atoms with E-state index in [1.54, 1.807) is 19.9 Å². The van der Waals surface area contributed by atoms with Crippen LogP contribution < -0.4 is 10.9 Å². The highest BCUT2D eigenvalue weighted by Crippen LogP contribution is 2.41. The summed E-state index contributed by atoms with van der Waals surface area (Å²) in [6.45, 7) is 8.39. The number of amides is 1. The standard InChI is InChI=1S/C39H45F4N3O5/c1-21(2)13-33(46-20-30(24-9-11-45(5)12-10-24)31(18-35(46)48)39(41,42)43)37(49)44-32(19-34(47)38(50)51)26-16-25-7-6-8-28(25)29(17-26)36-22(3)14-27(40)15-23(36)4/h14-18,20-21,24,32-33H,6-13,19H2,1-5H3,(H,44,49)(H,50,51)/t32-,33+/m1/s1. The average Bonchev–Trinajstić information content (AvgIpc) is 3.52. The molecule has 51 heavy (non-hydrogen) atoms. The molecular formula is C39H45F4N3O5. The summed E-state index contributed by atoms with van der Waals surface area (Å²) in [5, 5.41) is 12.4. The van der Waals surface area contributed by atoms with Gasteiger partial charge in [0.2, 0.25) is 11.7 Å². The number of carboxylic acid groups (broad SMARTS) is 1. The first kappa shape index (κ1) is 37.9. The average molecular weight is 712 g/mol. The molecule has 12 heteroatoms. The lowest BCUT2D eigenvalue weighted by atomic mass is 9.86. The number of piperidine rings is 1. The molecule has 1 fully saturated rings. The maximum atomic E-state index is 14.3. The first-order valence-corrected chi connectivity index (χ1v) is 17.5. The molecule has 2 N–H and O–H groups in total. The van der Waals surface area contributed by atoms with Crippen LogP contribution in [0.2, 0.25) is 0 Å². The Kier molecular flexibility index (Phi) is 11.2. The molecule has 2 aromatic carbocycles. The molecule has 8 nitrogen and oxygen atoms in total. The summed E-state index contributed by atoms with van der Waals surface area (Å²) in [6, 6.07) is 4.70. The molecule has 5 rings (SSSR count). The number of hydrogen-bond acceptors (Lipinski definition) is 5. The Morgan fingerprint density at radius 2 is 1.65 bits per heavy atom. The van der Waals surface area contributed by atoms with Crippen molar-refractivity contribution in [2.24, 2.45) is 5.92 Å². The lowest BCUT2D eigenvalue weighted by Gasteiger charge is -2.32. The van der Waals surface area contributed by atoms with E-state index in [9.17, 15) is 41.8 Å². The number of ketones is 1. The Labute approximate surface area is 294 Å². The number of nitrogens with zero attached hydrogens (tertiary/aromatic N) is 2. The molecular weight excluding hydrogens is 666 g/mol. The van der Waals surface area contributed by atoms with Gasteiger partial charge in [-0.25, -0.2) is 9.18 Å². The number of aryl methyl sites for hydroxylation is 3. The summed E-state index contributed by atoms with van der Waals surface area (Å²) in [4.78, 5) is 54.3. The van der Waals surface area contributed by atoms with Crippen molar-refractivity contribution >= 4 is 17.7 Å². The topological polar surface area (TPSA) is 109 Å². The highest BCUT2D eigenvalue weighted by Gasteiger charge is 2.38. The van der Waals surface area contributed by atoms with E-state index in [4.69, 9.17) is 0 Å². The number of pyridine rings is 1. The van der Waals surface area contributed by atoms with Crippen LogP contribution >= 0.6 is 0 Å². The van der Waals surface area contributed by atoms with Crippen molar-refractivity contribution in [1.82, 2.24) is 14.8 Å². The second-order valence-electron chi connectivity index (χ2n) is 14.6. The molecule has 274 valence electrons.